The predicted octanol–water partition coefficient (Wildman–Crippen LogP) is 1.15. The Kier molecular flexibility index (Phi) is 3.22. The lowest BCUT2D eigenvalue weighted by atomic mass is 9.76. The molecule has 90 valence electrons. The zero-order valence-electron chi connectivity index (χ0n) is 9.97. The summed E-state index contributed by atoms with van der Waals surface area (Å²) in [6.45, 7) is 5.43. The first-order chi connectivity index (χ1) is 7.98. The average Bonchev–Trinajstić information content (AvgIpc) is 2.29. The van der Waals surface area contributed by atoms with Crippen LogP contribution in [0.3, 0.4) is 0 Å². The SMILES string of the molecule is CC1(C)COB(c2ccc(C(=O)O)cc2)OC1. The van der Waals surface area contributed by atoms with Crippen molar-refractivity contribution in [2.75, 3.05) is 13.2 Å². The van der Waals surface area contributed by atoms with Gasteiger partial charge >= 0.3 is 13.1 Å². The highest BCUT2D eigenvalue weighted by molar-refractivity contribution is 6.61. The number of carbonyl (C=O) groups is 1. The van der Waals surface area contributed by atoms with Crippen LogP contribution in [0.1, 0.15) is 24.2 Å². The molecule has 1 heterocycles. The molecule has 0 amide bonds. The van der Waals surface area contributed by atoms with Gasteiger partial charge in [0.1, 0.15) is 0 Å². The average molecular weight is 234 g/mol. The molecule has 0 atom stereocenters. The third-order valence-corrected chi connectivity index (χ3v) is 2.68. The van der Waals surface area contributed by atoms with E-state index in [2.05, 4.69) is 13.8 Å². The highest BCUT2D eigenvalue weighted by atomic mass is 16.6. The quantitative estimate of drug-likeness (QED) is 0.780. The summed E-state index contributed by atoms with van der Waals surface area (Å²) in [7, 11) is -0.383. The third kappa shape index (κ3) is 2.87. The van der Waals surface area contributed by atoms with E-state index < -0.39 is 5.97 Å². The van der Waals surface area contributed by atoms with Gasteiger partial charge in [-0.3, -0.25) is 0 Å². The van der Waals surface area contributed by atoms with E-state index in [1.807, 2.05) is 0 Å². The van der Waals surface area contributed by atoms with E-state index in [4.69, 9.17) is 14.4 Å². The van der Waals surface area contributed by atoms with Crippen LogP contribution in [0.2, 0.25) is 0 Å². The monoisotopic (exact) mass is 234 g/mol. The van der Waals surface area contributed by atoms with E-state index >= 15 is 0 Å². The lowest BCUT2D eigenvalue weighted by Gasteiger charge is -2.33. The Morgan fingerprint density at radius 3 is 2.24 bits per heavy atom. The summed E-state index contributed by atoms with van der Waals surface area (Å²) in [4.78, 5) is 10.7. The molecule has 0 aromatic heterocycles. The van der Waals surface area contributed by atoms with Crippen molar-refractivity contribution in [1.82, 2.24) is 0 Å². The smallest absolute Gasteiger partial charge is 0.478 e. The number of carboxylic acids is 1. The fourth-order valence-corrected chi connectivity index (χ4v) is 1.67. The molecule has 17 heavy (non-hydrogen) atoms. The van der Waals surface area contributed by atoms with E-state index in [-0.39, 0.29) is 18.1 Å². The number of hydrogen-bond donors (Lipinski definition) is 1. The molecule has 0 saturated carbocycles. The summed E-state index contributed by atoms with van der Waals surface area (Å²) in [5.74, 6) is -0.928. The first kappa shape index (κ1) is 12.1. The van der Waals surface area contributed by atoms with Crippen molar-refractivity contribution in [3.63, 3.8) is 0 Å². The number of rotatable bonds is 2. The van der Waals surface area contributed by atoms with Crippen LogP contribution in [0.4, 0.5) is 0 Å². The summed E-state index contributed by atoms with van der Waals surface area (Å²) in [6, 6.07) is 6.58. The number of carboxylic acid groups (broad SMARTS) is 1. The van der Waals surface area contributed by atoms with Crippen molar-refractivity contribution in [3.05, 3.63) is 29.8 Å². The van der Waals surface area contributed by atoms with Gasteiger partial charge in [0.25, 0.3) is 0 Å². The van der Waals surface area contributed by atoms with Gasteiger partial charge in [-0.05, 0) is 17.6 Å². The number of benzene rings is 1. The van der Waals surface area contributed by atoms with Crippen LogP contribution < -0.4 is 5.46 Å². The predicted molar refractivity (Wildman–Crippen MR) is 64.5 cm³/mol. The largest absolute Gasteiger partial charge is 0.493 e. The van der Waals surface area contributed by atoms with Gasteiger partial charge in [0.2, 0.25) is 0 Å². The van der Waals surface area contributed by atoms with E-state index in [9.17, 15) is 4.79 Å². The lowest BCUT2D eigenvalue weighted by Crippen LogP contribution is -2.47. The van der Waals surface area contributed by atoms with Crippen LogP contribution in [0.15, 0.2) is 24.3 Å². The van der Waals surface area contributed by atoms with Crippen LogP contribution in [0, 0.1) is 5.41 Å². The summed E-state index contributed by atoms with van der Waals surface area (Å²) in [5, 5.41) is 8.79. The Bertz CT molecular complexity index is 403. The second-order valence-electron chi connectivity index (χ2n) is 5.05. The second kappa shape index (κ2) is 4.51. The molecule has 0 spiro atoms. The van der Waals surface area contributed by atoms with Gasteiger partial charge in [0.15, 0.2) is 0 Å². The molecule has 1 aromatic carbocycles. The first-order valence-electron chi connectivity index (χ1n) is 5.54. The minimum Gasteiger partial charge on any atom is -0.478 e. The first-order valence-corrected chi connectivity index (χ1v) is 5.54. The van der Waals surface area contributed by atoms with Gasteiger partial charge in [-0.25, -0.2) is 4.79 Å². The lowest BCUT2D eigenvalue weighted by molar-refractivity contribution is 0.0343. The molecule has 0 aliphatic carbocycles. The Balaban J connectivity index is 2.06. The highest BCUT2D eigenvalue weighted by Crippen LogP contribution is 2.21. The van der Waals surface area contributed by atoms with Gasteiger partial charge in [-0.2, -0.15) is 0 Å². The fraction of sp³-hybridized carbons (Fsp3) is 0.417. The van der Waals surface area contributed by atoms with Gasteiger partial charge in [-0.1, -0.05) is 26.0 Å². The molecule has 1 N–H and O–H groups in total. The summed E-state index contributed by atoms with van der Waals surface area (Å²) >= 11 is 0. The maximum absolute atomic E-state index is 10.7. The van der Waals surface area contributed by atoms with Crippen LogP contribution >= 0.6 is 0 Å². The third-order valence-electron chi connectivity index (χ3n) is 2.68. The summed E-state index contributed by atoms with van der Waals surface area (Å²) < 4.78 is 11.2. The molecule has 2 rings (SSSR count). The molecule has 1 aliphatic heterocycles. The van der Waals surface area contributed by atoms with Gasteiger partial charge in [0, 0.05) is 18.6 Å². The van der Waals surface area contributed by atoms with Crippen molar-refractivity contribution >= 4 is 18.6 Å². The molecule has 1 saturated heterocycles. The van der Waals surface area contributed by atoms with Crippen molar-refractivity contribution in [2.45, 2.75) is 13.8 Å². The Morgan fingerprint density at radius 1 is 1.24 bits per heavy atom. The van der Waals surface area contributed by atoms with E-state index in [1.165, 1.54) is 0 Å². The Morgan fingerprint density at radius 2 is 1.76 bits per heavy atom. The summed E-state index contributed by atoms with van der Waals surface area (Å²) in [5.41, 5.74) is 1.16. The van der Waals surface area contributed by atoms with Crippen molar-refractivity contribution in [1.29, 1.82) is 0 Å². The molecule has 4 nitrogen and oxygen atoms in total. The van der Waals surface area contributed by atoms with Crippen LogP contribution in [-0.4, -0.2) is 31.4 Å². The molecule has 0 radical (unpaired) electrons. The van der Waals surface area contributed by atoms with E-state index in [0.29, 0.717) is 13.2 Å². The molecule has 1 fully saturated rings. The van der Waals surface area contributed by atoms with Gasteiger partial charge in [-0.15, -0.1) is 0 Å². The molecule has 5 heteroatoms. The highest BCUT2D eigenvalue weighted by Gasteiger charge is 2.33. The normalized spacial score (nSPS) is 19.1. The topological polar surface area (TPSA) is 55.8 Å². The molecular weight excluding hydrogens is 219 g/mol. The van der Waals surface area contributed by atoms with Crippen LogP contribution in [0.5, 0.6) is 0 Å². The summed E-state index contributed by atoms with van der Waals surface area (Å²) in [6.07, 6.45) is 0. The molecule has 1 aliphatic rings. The zero-order valence-corrected chi connectivity index (χ0v) is 9.97. The second-order valence-corrected chi connectivity index (χ2v) is 5.05. The molecule has 0 bridgehead atoms. The fourth-order valence-electron chi connectivity index (χ4n) is 1.67. The minimum atomic E-state index is -0.928. The maximum atomic E-state index is 10.7. The molecule has 0 unspecified atom stereocenters. The van der Waals surface area contributed by atoms with E-state index in [1.54, 1.807) is 24.3 Å². The Labute approximate surface area is 101 Å². The molecular formula is C12H15BO4. The van der Waals surface area contributed by atoms with Crippen molar-refractivity contribution < 1.29 is 19.2 Å². The van der Waals surface area contributed by atoms with Crippen LogP contribution in [0.25, 0.3) is 0 Å². The van der Waals surface area contributed by atoms with Crippen molar-refractivity contribution in [3.8, 4) is 0 Å². The maximum Gasteiger partial charge on any atom is 0.493 e. The number of hydrogen-bond acceptors (Lipinski definition) is 3. The van der Waals surface area contributed by atoms with Gasteiger partial charge < -0.3 is 14.4 Å². The Hall–Kier alpha value is -1.33. The minimum absolute atomic E-state index is 0.0392. The van der Waals surface area contributed by atoms with Gasteiger partial charge in [0.05, 0.1) is 5.56 Å². The number of aromatic carboxylic acids is 1. The van der Waals surface area contributed by atoms with E-state index in [0.717, 1.165) is 5.46 Å². The van der Waals surface area contributed by atoms with Crippen molar-refractivity contribution in [2.24, 2.45) is 5.41 Å². The standard InChI is InChI=1S/C12H15BO4/c1-12(2)7-16-13(17-8-12)10-5-3-9(4-6-10)11(14)15/h3-6H,7-8H2,1-2H3,(H,14,15). The zero-order chi connectivity index (χ0) is 12.5. The molecule has 1 aromatic rings. The van der Waals surface area contributed by atoms with Crippen LogP contribution in [-0.2, 0) is 9.31 Å².